The van der Waals surface area contributed by atoms with Crippen molar-refractivity contribution >= 4 is 6.03 Å². The van der Waals surface area contributed by atoms with Gasteiger partial charge in [-0.15, -0.1) is 0 Å². The molecule has 1 aliphatic heterocycles. The Balaban J connectivity index is 1.91. The van der Waals surface area contributed by atoms with Crippen LogP contribution in [0.15, 0.2) is 24.3 Å². The molecule has 0 aliphatic carbocycles. The van der Waals surface area contributed by atoms with Crippen LogP contribution in [0.3, 0.4) is 0 Å². The summed E-state index contributed by atoms with van der Waals surface area (Å²) in [6, 6.07) is 6.07. The molecule has 0 radical (unpaired) electrons. The fourth-order valence-electron chi connectivity index (χ4n) is 3.14. The van der Waals surface area contributed by atoms with Crippen LogP contribution in [0.1, 0.15) is 31.7 Å². The molecule has 1 aromatic rings. The van der Waals surface area contributed by atoms with E-state index in [0.717, 1.165) is 44.5 Å². The third kappa shape index (κ3) is 5.76. The van der Waals surface area contributed by atoms with Crippen molar-refractivity contribution in [2.45, 2.75) is 38.8 Å². The molecular weight excluding hydrogens is 309 g/mol. The number of aliphatic hydroxyl groups excluding tert-OH is 1. The zero-order valence-electron chi connectivity index (χ0n) is 14.4. The number of halogens is 1. The predicted molar refractivity (Wildman–Crippen MR) is 92.2 cm³/mol. The normalized spacial score (nSPS) is 18.4. The predicted octanol–water partition coefficient (Wildman–Crippen LogP) is 2.20. The summed E-state index contributed by atoms with van der Waals surface area (Å²) >= 11 is 0. The van der Waals surface area contributed by atoms with Gasteiger partial charge in [-0.3, -0.25) is 0 Å². The summed E-state index contributed by atoms with van der Waals surface area (Å²) in [5, 5.41) is 12.3. The van der Waals surface area contributed by atoms with Crippen molar-refractivity contribution in [1.82, 2.24) is 15.1 Å². The number of amides is 2. The van der Waals surface area contributed by atoms with Gasteiger partial charge in [-0.05, 0) is 50.0 Å². The molecule has 1 fully saturated rings. The summed E-state index contributed by atoms with van der Waals surface area (Å²) < 4.78 is 13.0. The Kier molecular flexibility index (Phi) is 7.46. The van der Waals surface area contributed by atoms with Crippen molar-refractivity contribution in [3.63, 3.8) is 0 Å². The van der Waals surface area contributed by atoms with Crippen LogP contribution in [0.4, 0.5) is 9.18 Å². The van der Waals surface area contributed by atoms with E-state index in [9.17, 15) is 14.3 Å². The lowest BCUT2D eigenvalue weighted by Crippen LogP contribution is -2.51. The number of carbonyl (C=O) groups excluding carboxylic acids is 1. The van der Waals surface area contributed by atoms with Gasteiger partial charge in [-0.25, -0.2) is 9.18 Å². The lowest BCUT2D eigenvalue weighted by Gasteiger charge is -2.34. The van der Waals surface area contributed by atoms with E-state index in [1.54, 1.807) is 17.0 Å². The van der Waals surface area contributed by atoms with E-state index in [1.807, 2.05) is 0 Å². The molecule has 1 aliphatic rings. The van der Waals surface area contributed by atoms with Gasteiger partial charge in [0.2, 0.25) is 0 Å². The molecule has 6 heteroatoms. The lowest BCUT2D eigenvalue weighted by molar-refractivity contribution is 0.154. The minimum Gasteiger partial charge on any atom is -0.395 e. The first-order valence-corrected chi connectivity index (χ1v) is 8.75. The average Bonchev–Trinajstić information content (AvgIpc) is 2.57. The molecule has 2 amide bonds. The molecule has 0 unspecified atom stereocenters. The SMILES string of the molecule is CCCN1CCC[C@@H](NC(=O)N(CCO)Cc2ccc(F)cc2)C1. The van der Waals surface area contributed by atoms with Crippen LogP contribution in [-0.2, 0) is 6.54 Å². The molecular formula is C18H28FN3O2. The van der Waals surface area contributed by atoms with Crippen LogP contribution in [0.5, 0.6) is 0 Å². The number of piperidine rings is 1. The highest BCUT2D eigenvalue weighted by molar-refractivity contribution is 5.74. The second-order valence-electron chi connectivity index (χ2n) is 6.36. The molecule has 0 spiro atoms. The van der Waals surface area contributed by atoms with Crippen LogP contribution in [-0.4, -0.2) is 59.8 Å². The highest BCUT2D eigenvalue weighted by atomic mass is 19.1. The highest BCUT2D eigenvalue weighted by Gasteiger charge is 2.23. The van der Waals surface area contributed by atoms with E-state index in [1.165, 1.54) is 12.1 Å². The van der Waals surface area contributed by atoms with Crippen LogP contribution in [0.25, 0.3) is 0 Å². The van der Waals surface area contributed by atoms with Crippen LogP contribution >= 0.6 is 0 Å². The second-order valence-corrected chi connectivity index (χ2v) is 6.36. The molecule has 5 nitrogen and oxygen atoms in total. The zero-order chi connectivity index (χ0) is 17.4. The summed E-state index contributed by atoms with van der Waals surface area (Å²) in [7, 11) is 0. The minimum absolute atomic E-state index is 0.0960. The van der Waals surface area contributed by atoms with Crippen molar-refractivity contribution in [2.75, 3.05) is 32.8 Å². The van der Waals surface area contributed by atoms with Gasteiger partial charge >= 0.3 is 6.03 Å². The first kappa shape index (κ1) is 18.7. The largest absolute Gasteiger partial charge is 0.395 e. The van der Waals surface area contributed by atoms with Gasteiger partial charge in [0.1, 0.15) is 5.82 Å². The van der Waals surface area contributed by atoms with Crippen molar-refractivity contribution in [1.29, 1.82) is 0 Å². The van der Waals surface area contributed by atoms with Crippen molar-refractivity contribution in [3.8, 4) is 0 Å². The van der Waals surface area contributed by atoms with Gasteiger partial charge in [0.15, 0.2) is 0 Å². The van der Waals surface area contributed by atoms with Crippen molar-refractivity contribution in [2.24, 2.45) is 0 Å². The summed E-state index contributed by atoms with van der Waals surface area (Å²) in [6.45, 7) is 5.71. The number of nitrogens with zero attached hydrogens (tertiary/aromatic N) is 2. The summed E-state index contributed by atoms with van der Waals surface area (Å²) in [5.41, 5.74) is 0.844. The first-order chi connectivity index (χ1) is 11.6. The fraction of sp³-hybridized carbons (Fsp3) is 0.611. The first-order valence-electron chi connectivity index (χ1n) is 8.75. The Morgan fingerprint density at radius 2 is 2.17 bits per heavy atom. The fourth-order valence-corrected chi connectivity index (χ4v) is 3.14. The maximum atomic E-state index is 13.0. The Morgan fingerprint density at radius 3 is 2.83 bits per heavy atom. The van der Waals surface area contributed by atoms with Crippen molar-refractivity contribution in [3.05, 3.63) is 35.6 Å². The number of nitrogens with one attached hydrogen (secondary N) is 1. The van der Waals surface area contributed by atoms with Crippen LogP contribution in [0.2, 0.25) is 0 Å². The number of benzene rings is 1. The molecule has 0 aromatic heterocycles. The van der Waals surface area contributed by atoms with Gasteiger partial charge in [-0.1, -0.05) is 19.1 Å². The molecule has 0 bridgehead atoms. The maximum Gasteiger partial charge on any atom is 0.318 e. The smallest absolute Gasteiger partial charge is 0.318 e. The molecule has 1 saturated heterocycles. The topological polar surface area (TPSA) is 55.8 Å². The van der Waals surface area contributed by atoms with E-state index < -0.39 is 0 Å². The van der Waals surface area contributed by atoms with Gasteiger partial charge in [0, 0.05) is 25.7 Å². The Bertz CT molecular complexity index is 507. The average molecular weight is 337 g/mol. The molecule has 2 N–H and O–H groups in total. The molecule has 1 atom stereocenters. The number of hydrogen-bond donors (Lipinski definition) is 2. The number of hydrogen-bond acceptors (Lipinski definition) is 3. The third-order valence-electron chi connectivity index (χ3n) is 4.32. The molecule has 2 rings (SSSR count). The second kappa shape index (κ2) is 9.59. The van der Waals surface area contributed by atoms with E-state index in [-0.39, 0.29) is 31.0 Å². The number of rotatable bonds is 7. The van der Waals surface area contributed by atoms with E-state index in [4.69, 9.17) is 0 Å². The molecule has 1 aromatic carbocycles. The maximum absolute atomic E-state index is 13.0. The summed E-state index contributed by atoms with van der Waals surface area (Å²) in [5.74, 6) is -0.296. The van der Waals surface area contributed by atoms with E-state index >= 15 is 0 Å². The van der Waals surface area contributed by atoms with Gasteiger partial charge in [-0.2, -0.15) is 0 Å². The summed E-state index contributed by atoms with van der Waals surface area (Å²) in [4.78, 5) is 16.5. The van der Waals surface area contributed by atoms with Crippen LogP contribution in [0, 0.1) is 5.82 Å². The van der Waals surface area contributed by atoms with Crippen LogP contribution < -0.4 is 5.32 Å². The van der Waals surface area contributed by atoms with Crippen molar-refractivity contribution < 1.29 is 14.3 Å². The Morgan fingerprint density at radius 1 is 1.42 bits per heavy atom. The number of likely N-dealkylation sites (tertiary alicyclic amines) is 1. The minimum atomic E-state index is -0.296. The summed E-state index contributed by atoms with van der Waals surface area (Å²) in [6.07, 6.45) is 3.18. The zero-order valence-corrected chi connectivity index (χ0v) is 14.4. The molecule has 24 heavy (non-hydrogen) atoms. The third-order valence-corrected chi connectivity index (χ3v) is 4.32. The standard InChI is InChI=1S/C18H28FN3O2/c1-2-9-21-10-3-4-17(14-21)20-18(24)22(11-12-23)13-15-5-7-16(19)8-6-15/h5-8,17,23H,2-4,9-14H2,1H3,(H,20,24)/t17-/m1/s1. The number of urea groups is 1. The highest BCUT2D eigenvalue weighted by Crippen LogP contribution is 2.12. The number of aliphatic hydroxyl groups is 1. The quantitative estimate of drug-likeness (QED) is 0.802. The Labute approximate surface area is 143 Å². The van der Waals surface area contributed by atoms with Gasteiger partial charge in [0.25, 0.3) is 0 Å². The molecule has 0 saturated carbocycles. The number of carbonyl (C=O) groups is 1. The molecule has 1 heterocycles. The Hall–Kier alpha value is -1.66. The lowest BCUT2D eigenvalue weighted by atomic mass is 10.1. The van der Waals surface area contributed by atoms with E-state index in [0.29, 0.717) is 6.54 Å². The molecule has 134 valence electrons. The van der Waals surface area contributed by atoms with E-state index in [2.05, 4.69) is 17.1 Å². The monoisotopic (exact) mass is 337 g/mol. The van der Waals surface area contributed by atoms with Gasteiger partial charge < -0.3 is 20.2 Å². The van der Waals surface area contributed by atoms with Gasteiger partial charge in [0.05, 0.1) is 6.61 Å².